The lowest BCUT2D eigenvalue weighted by Crippen LogP contribution is -2.24. The highest BCUT2D eigenvalue weighted by molar-refractivity contribution is 7.89. The number of hydrogen-bond acceptors (Lipinski definition) is 5. The zero-order chi connectivity index (χ0) is 18.1. The number of benzene rings is 1. The van der Waals surface area contributed by atoms with Crippen molar-refractivity contribution < 1.29 is 26.7 Å². The van der Waals surface area contributed by atoms with Crippen LogP contribution < -0.4 is 4.72 Å². The Morgan fingerprint density at radius 2 is 1.88 bits per heavy atom. The van der Waals surface area contributed by atoms with E-state index in [1.807, 2.05) is 4.72 Å². The Hall–Kier alpha value is -1.62. The molecule has 0 amide bonds. The summed E-state index contributed by atoms with van der Waals surface area (Å²) in [4.78, 5) is 5.80. The van der Waals surface area contributed by atoms with Crippen molar-refractivity contribution >= 4 is 33.2 Å². The average molecular weight is 402 g/mol. The van der Waals surface area contributed by atoms with Crippen molar-refractivity contribution in [2.75, 3.05) is 0 Å². The van der Waals surface area contributed by atoms with Crippen LogP contribution in [0.2, 0.25) is 10.0 Å². The normalized spacial score (nSPS) is 12.4. The van der Waals surface area contributed by atoms with Crippen LogP contribution in [0.15, 0.2) is 29.3 Å². The fraction of sp³-hybridized carbons (Fsp3) is 0.167. The molecule has 0 fully saturated rings. The molecule has 0 saturated heterocycles. The standard InChI is InChI=1S/C12H8Cl2F3N3O3S/c13-7-2-1-6(3-8(7)14)24(22,23)19-4-9-10(21)5-18-11(20-9)12(15,16)17/h1-3,5,19,21H,4H2. The van der Waals surface area contributed by atoms with Crippen molar-refractivity contribution in [3.05, 3.63) is 46.0 Å². The van der Waals surface area contributed by atoms with Gasteiger partial charge < -0.3 is 5.11 Å². The minimum absolute atomic E-state index is 0.0104. The number of nitrogens with one attached hydrogen (secondary N) is 1. The summed E-state index contributed by atoms with van der Waals surface area (Å²) in [5.41, 5.74) is -0.527. The summed E-state index contributed by atoms with van der Waals surface area (Å²) in [7, 11) is -4.11. The number of aromatic nitrogens is 2. The largest absolute Gasteiger partial charge is 0.504 e. The van der Waals surface area contributed by atoms with Gasteiger partial charge in [0, 0.05) is 0 Å². The van der Waals surface area contributed by atoms with Crippen LogP contribution in [0.3, 0.4) is 0 Å². The van der Waals surface area contributed by atoms with Gasteiger partial charge in [0.2, 0.25) is 15.8 Å². The van der Waals surface area contributed by atoms with Crippen molar-refractivity contribution in [3.63, 3.8) is 0 Å². The van der Waals surface area contributed by atoms with E-state index in [2.05, 4.69) is 9.97 Å². The van der Waals surface area contributed by atoms with Gasteiger partial charge in [-0.25, -0.2) is 23.1 Å². The Labute approximate surface area is 144 Å². The van der Waals surface area contributed by atoms with Crippen LogP contribution in [0.5, 0.6) is 5.75 Å². The molecule has 0 bridgehead atoms. The fourth-order valence-electron chi connectivity index (χ4n) is 1.57. The first-order valence-electron chi connectivity index (χ1n) is 6.07. The second-order valence-corrected chi connectivity index (χ2v) is 7.01. The molecule has 6 nitrogen and oxygen atoms in total. The van der Waals surface area contributed by atoms with E-state index in [4.69, 9.17) is 23.2 Å². The Morgan fingerprint density at radius 1 is 1.21 bits per heavy atom. The molecule has 24 heavy (non-hydrogen) atoms. The summed E-state index contributed by atoms with van der Waals surface area (Å²) in [5.74, 6) is -2.18. The van der Waals surface area contributed by atoms with Crippen LogP contribution in [-0.2, 0) is 22.7 Å². The van der Waals surface area contributed by atoms with Crippen LogP contribution in [0.25, 0.3) is 0 Å². The highest BCUT2D eigenvalue weighted by Gasteiger charge is 2.35. The number of nitrogens with zero attached hydrogens (tertiary/aromatic N) is 2. The fourth-order valence-corrected chi connectivity index (χ4v) is 2.94. The maximum absolute atomic E-state index is 12.5. The topological polar surface area (TPSA) is 92.2 Å². The first-order chi connectivity index (χ1) is 11.0. The van der Waals surface area contributed by atoms with Gasteiger partial charge in [0.15, 0.2) is 5.75 Å². The number of alkyl halides is 3. The number of sulfonamides is 1. The second-order valence-electron chi connectivity index (χ2n) is 4.42. The maximum atomic E-state index is 12.5. The summed E-state index contributed by atoms with van der Waals surface area (Å²) in [6.45, 7) is -0.681. The highest BCUT2D eigenvalue weighted by atomic mass is 35.5. The van der Waals surface area contributed by atoms with E-state index < -0.39 is 40.0 Å². The van der Waals surface area contributed by atoms with Crippen LogP contribution in [0.1, 0.15) is 11.5 Å². The summed E-state index contributed by atoms with van der Waals surface area (Å²) >= 11 is 11.4. The molecule has 0 unspecified atom stereocenters. The number of rotatable bonds is 4. The number of aromatic hydroxyl groups is 1. The summed E-state index contributed by atoms with van der Waals surface area (Å²) in [5, 5.41) is 9.61. The lowest BCUT2D eigenvalue weighted by Gasteiger charge is -2.10. The van der Waals surface area contributed by atoms with Gasteiger partial charge >= 0.3 is 6.18 Å². The first kappa shape index (κ1) is 18.7. The minimum Gasteiger partial charge on any atom is -0.504 e. The van der Waals surface area contributed by atoms with E-state index in [0.29, 0.717) is 6.20 Å². The lowest BCUT2D eigenvalue weighted by molar-refractivity contribution is -0.145. The molecule has 1 aromatic heterocycles. The first-order valence-corrected chi connectivity index (χ1v) is 8.31. The van der Waals surface area contributed by atoms with Gasteiger partial charge in [0.05, 0.1) is 27.7 Å². The van der Waals surface area contributed by atoms with Gasteiger partial charge in [-0.1, -0.05) is 23.2 Å². The predicted octanol–water partition coefficient (Wildman–Crippen LogP) is 2.99. The van der Waals surface area contributed by atoms with Crippen molar-refractivity contribution in [2.45, 2.75) is 17.6 Å². The highest BCUT2D eigenvalue weighted by Crippen LogP contribution is 2.28. The molecular weight excluding hydrogens is 394 g/mol. The van der Waals surface area contributed by atoms with Gasteiger partial charge in [-0.3, -0.25) is 0 Å². The molecule has 1 aromatic carbocycles. The zero-order valence-corrected chi connectivity index (χ0v) is 13.8. The third-order valence-electron chi connectivity index (χ3n) is 2.73. The van der Waals surface area contributed by atoms with Gasteiger partial charge in [-0.2, -0.15) is 13.2 Å². The molecule has 0 aliphatic carbocycles. The molecule has 130 valence electrons. The Kier molecular flexibility index (Phi) is 5.23. The van der Waals surface area contributed by atoms with E-state index in [0.717, 1.165) is 12.1 Å². The van der Waals surface area contributed by atoms with E-state index in [1.54, 1.807) is 0 Å². The molecule has 2 N–H and O–H groups in total. The van der Waals surface area contributed by atoms with E-state index >= 15 is 0 Å². The van der Waals surface area contributed by atoms with Crippen molar-refractivity contribution in [2.24, 2.45) is 0 Å². The molecular formula is C12H8Cl2F3N3O3S. The minimum atomic E-state index is -4.83. The zero-order valence-electron chi connectivity index (χ0n) is 11.5. The molecule has 0 saturated carbocycles. The van der Waals surface area contributed by atoms with Gasteiger partial charge in [0.25, 0.3) is 0 Å². The van der Waals surface area contributed by atoms with Crippen molar-refractivity contribution in [3.8, 4) is 5.75 Å². The Morgan fingerprint density at radius 3 is 2.46 bits per heavy atom. The van der Waals surface area contributed by atoms with Gasteiger partial charge in [-0.05, 0) is 18.2 Å². The quantitative estimate of drug-likeness (QED) is 0.821. The summed E-state index contributed by atoms with van der Waals surface area (Å²) < 4.78 is 63.9. The monoisotopic (exact) mass is 401 g/mol. The van der Waals surface area contributed by atoms with E-state index in [-0.39, 0.29) is 14.9 Å². The summed E-state index contributed by atoms with van der Waals surface area (Å²) in [6.07, 6.45) is -4.29. The molecule has 0 aliphatic heterocycles. The predicted molar refractivity (Wildman–Crippen MR) is 79.2 cm³/mol. The molecule has 2 aromatic rings. The maximum Gasteiger partial charge on any atom is 0.451 e. The van der Waals surface area contributed by atoms with Crippen LogP contribution in [-0.4, -0.2) is 23.5 Å². The van der Waals surface area contributed by atoms with Gasteiger partial charge in [0.1, 0.15) is 5.69 Å². The molecule has 0 radical (unpaired) electrons. The molecule has 0 aliphatic rings. The third kappa shape index (κ3) is 4.26. The van der Waals surface area contributed by atoms with Crippen LogP contribution in [0.4, 0.5) is 13.2 Å². The second kappa shape index (κ2) is 6.71. The smallest absolute Gasteiger partial charge is 0.451 e. The third-order valence-corrected chi connectivity index (χ3v) is 4.87. The molecule has 12 heteroatoms. The number of hydrogen-bond donors (Lipinski definition) is 2. The molecule has 0 spiro atoms. The van der Waals surface area contributed by atoms with Gasteiger partial charge in [-0.15, -0.1) is 0 Å². The average Bonchev–Trinajstić information content (AvgIpc) is 2.48. The number of halogens is 5. The van der Waals surface area contributed by atoms with Crippen LogP contribution in [0, 0.1) is 0 Å². The Bertz CT molecular complexity index is 876. The molecule has 0 atom stereocenters. The SMILES string of the molecule is O=S(=O)(NCc1nc(C(F)(F)F)ncc1O)c1ccc(Cl)c(Cl)c1. The van der Waals surface area contributed by atoms with Crippen molar-refractivity contribution in [1.29, 1.82) is 0 Å². The van der Waals surface area contributed by atoms with E-state index in [1.165, 1.54) is 6.07 Å². The Balaban J connectivity index is 2.25. The van der Waals surface area contributed by atoms with Crippen LogP contribution >= 0.6 is 23.2 Å². The molecule has 1 heterocycles. The summed E-state index contributed by atoms with van der Waals surface area (Å²) in [6, 6.07) is 3.49. The van der Waals surface area contributed by atoms with Crippen molar-refractivity contribution in [1.82, 2.24) is 14.7 Å². The van der Waals surface area contributed by atoms with E-state index in [9.17, 15) is 26.7 Å². The molecule has 2 rings (SSSR count). The lowest BCUT2D eigenvalue weighted by atomic mass is 10.3.